The molecular weight excluding hydrogens is 195 g/mol. The van der Waals surface area contributed by atoms with E-state index in [0.29, 0.717) is 11.5 Å². The van der Waals surface area contributed by atoms with E-state index in [1.807, 2.05) is 0 Å². The smallest absolute Gasteiger partial charge is 0.322 e. The Morgan fingerprint density at radius 2 is 2.33 bits per heavy atom. The lowest BCUT2D eigenvalue weighted by Crippen LogP contribution is -2.33. The zero-order valence-corrected chi connectivity index (χ0v) is 8.23. The van der Waals surface area contributed by atoms with E-state index in [-0.39, 0.29) is 12.2 Å². The predicted molar refractivity (Wildman–Crippen MR) is 55.3 cm³/mol. The van der Waals surface area contributed by atoms with Crippen molar-refractivity contribution in [2.75, 3.05) is 7.11 Å². The van der Waals surface area contributed by atoms with Crippen molar-refractivity contribution in [1.29, 1.82) is 0 Å². The normalized spacial score (nSPS) is 13.4. The van der Waals surface area contributed by atoms with Gasteiger partial charge >= 0.3 is 6.71 Å². The quantitative estimate of drug-likeness (QED) is 0.536. The van der Waals surface area contributed by atoms with E-state index in [9.17, 15) is 9.59 Å². The summed E-state index contributed by atoms with van der Waals surface area (Å²) < 4.78 is 10.0. The minimum atomic E-state index is -0.455. The van der Waals surface area contributed by atoms with Crippen LogP contribution in [-0.4, -0.2) is 26.0 Å². The van der Waals surface area contributed by atoms with Crippen LogP contribution in [0.5, 0.6) is 11.5 Å². The van der Waals surface area contributed by atoms with Gasteiger partial charge in [-0.25, -0.2) is 0 Å². The van der Waals surface area contributed by atoms with Crippen molar-refractivity contribution in [3.63, 3.8) is 0 Å². The molecule has 1 aliphatic rings. The summed E-state index contributed by atoms with van der Waals surface area (Å²) in [6, 6.07) is 5.16. The van der Waals surface area contributed by atoms with E-state index < -0.39 is 6.71 Å². The summed E-state index contributed by atoms with van der Waals surface area (Å²) in [4.78, 5) is 21.8. The van der Waals surface area contributed by atoms with E-state index in [1.54, 1.807) is 25.3 Å². The molecule has 0 bridgehead atoms. The number of rotatable bonds is 3. The van der Waals surface area contributed by atoms with E-state index >= 15 is 0 Å². The first kappa shape index (κ1) is 9.77. The number of benzene rings is 1. The van der Waals surface area contributed by atoms with Gasteiger partial charge in [0, 0.05) is 6.07 Å². The van der Waals surface area contributed by atoms with Gasteiger partial charge in [0.05, 0.1) is 7.11 Å². The Bertz CT molecular complexity index is 416. The molecule has 0 spiro atoms. The maximum atomic E-state index is 11.4. The zero-order chi connectivity index (χ0) is 10.8. The molecule has 0 unspecified atom stereocenters. The van der Waals surface area contributed by atoms with E-state index in [2.05, 4.69) is 0 Å². The van der Waals surface area contributed by atoms with Gasteiger partial charge in [0.1, 0.15) is 17.8 Å². The van der Waals surface area contributed by atoms with Crippen LogP contribution in [0.2, 0.25) is 6.32 Å². The van der Waals surface area contributed by atoms with Gasteiger partial charge < -0.3 is 14.3 Å². The molecule has 1 aliphatic heterocycles. The largest absolute Gasteiger partial charge is 0.497 e. The summed E-state index contributed by atoms with van der Waals surface area (Å²) in [5.41, 5.74) is 0.757. The highest BCUT2D eigenvalue weighted by atomic mass is 16.5. The van der Waals surface area contributed by atoms with Crippen molar-refractivity contribution in [1.82, 2.24) is 0 Å². The Kier molecular flexibility index (Phi) is 2.45. The Labute approximate surface area is 87.3 Å². The van der Waals surface area contributed by atoms with Crippen LogP contribution in [0, 0.1) is 0 Å². The van der Waals surface area contributed by atoms with Crippen LogP contribution in [0.15, 0.2) is 18.2 Å². The van der Waals surface area contributed by atoms with Crippen molar-refractivity contribution in [2.45, 2.75) is 6.32 Å². The van der Waals surface area contributed by atoms with Crippen LogP contribution in [0.25, 0.3) is 0 Å². The van der Waals surface area contributed by atoms with E-state index in [1.165, 1.54) is 0 Å². The fourth-order valence-corrected chi connectivity index (χ4v) is 1.64. The van der Waals surface area contributed by atoms with Crippen LogP contribution < -0.4 is 14.9 Å². The first-order chi connectivity index (χ1) is 7.26. The average Bonchev–Trinajstić information content (AvgIpc) is 2.55. The van der Waals surface area contributed by atoms with E-state index in [0.717, 1.165) is 11.7 Å². The summed E-state index contributed by atoms with van der Waals surface area (Å²) >= 11 is 0. The highest BCUT2D eigenvalue weighted by molar-refractivity contribution is 7.01. The number of carbonyl (C=O) groups is 2. The molecule has 0 aliphatic carbocycles. The number of ether oxygens (including phenoxy) is 2. The molecule has 4 nitrogen and oxygen atoms in total. The second-order valence-electron chi connectivity index (χ2n) is 3.28. The lowest BCUT2D eigenvalue weighted by Gasteiger charge is -2.02. The van der Waals surface area contributed by atoms with Crippen LogP contribution in [0.1, 0.15) is 0 Å². The molecule has 0 fully saturated rings. The molecule has 1 aromatic rings. The number of methoxy groups -OCH3 is 1. The van der Waals surface area contributed by atoms with Gasteiger partial charge in [-0.15, -0.1) is 0 Å². The van der Waals surface area contributed by atoms with Crippen LogP contribution in [-0.2, 0) is 4.79 Å². The van der Waals surface area contributed by atoms with Crippen molar-refractivity contribution >= 4 is 24.3 Å². The van der Waals surface area contributed by atoms with Gasteiger partial charge in [0.25, 0.3) is 5.87 Å². The first-order valence-corrected chi connectivity index (χ1v) is 4.59. The Morgan fingerprint density at radius 3 is 3.00 bits per heavy atom. The second kappa shape index (κ2) is 3.77. The Morgan fingerprint density at radius 1 is 1.53 bits per heavy atom. The van der Waals surface area contributed by atoms with Gasteiger partial charge in [-0.3, -0.25) is 4.79 Å². The summed E-state index contributed by atoms with van der Waals surface area (Å²) in [6.45, 7) is -0.455. The predicted octanol–water partition coefficient (Wildman–Crippen LogP) is 0.690. The molecule has 0 saturated carbocycles. The minimum Gasteiger partial charge on any atom is -0.497 e. The zero-order valence-electron chi connectivity index (χ0n) is 8.23. The van der Waals surface area contributed by atoms with Crippen molar-refractivity contribution in [3.05, 3.63) is 18.2 Å². The van der Waals surface area contributed by atoms with Crippen LogP contribution in [0.4, 0.5) is 4.79 Å². The molecule has 0 N–H and O–H groups in total. The molecule has 15 heavy (non-hydrogen) atoms. The third-order valence-corrected chi connectivity index (χ3v) is 2.42. The Balaban J connectivity index is 2.38. The number of hydrogen-bond acceptors (Lipinski definition) is 4. The lowest BCUT2D eigenvalue weighted by atomic mass is 9.44. The maximum absolute atomic E-state index is 11.4. The summed E-state index contributed by atoms with van der Waals surface area (Å²) in [5.74, 6) is 0.754. The van der Waals surface area contributed by atoms with E-state index in [4.69, 9.17) is 9.47 Å². The number of hydrogen-bond donors (Lipinski definition) is 0. The third-order valence-electron chi connectivity index (χ3n) is 2.42. The molecule has 5 heteroatoms. The summed E-state index contributed by atoms with van der Waals surface area (Å²) in [6.07, 6.45) is 0.892. The fraction of sp³-hybridized carbons (Fsp3) is 0.200. The third kappa shape index (κ3) is 1.60. The number of fused-ring (bicyclic) bond motifs is 1. The molecule has 0 radical (unpaired) electrons. The van der Waals surface area contributed by atoms with Crippen LogP contribution in [0.3, 0.4) is 0 Å². The fourth-order valence-electron chi connectivity index (χ4n) is 1.64. The molecular formula is C10H9BO4. The highest BCUT2D eigenvalue weighted by Crippen LogP contribution is 2.23. The number of carbonyl (C=O) groups excluding carboxylic acids is 2. The molecule has 0 aromatic heterocycles. The van der Waals surface area contributed by atoms with Gasteiger partial charge in [0.15, 0.2) is 0 Å². The van der Waals surface area contributed by atoms with Crippen molar-refractivity contribution < 1.29 is 19.1 Å². The number of aldehydes is 1. The van der Waals surface area contributed by atoms with Crippen molar-refractivity contribution in [3.8, 4) is 11.5 Å². The summed E-state index contributed by atoms with van der Waals surface area (Å²) in [7, 11) is 1.54. The average molecular weight is 204 g/mol. The summed E-state index contributed by atoms with van der Waals surface area (Å²) in [5, 5.41) is 0. The SMILES string of the molecule is COc1ccc2c(c1)OC(=O)B2CC=O. The molecule has 0 atom stereocenters. The molecule has 1 aromatic carbocycles. The topological polar surface area (TPSA) is 52.6 Å². The molecule has 0 saturated heterocycles. The molecule has 2 rings (SSSR count). The first-order valence-electron chi connectivity index (χ1n) is 4.59. The van der Waals surface area contributed by atoms with Crippen molar-refractivity contribution in [2.24, 2.45) is 0 Å². The van der Waals surface area contributed by atoms with Gasteiger partial charge in [-0.1, -0.05) is 6.07 Å². The van der Waals surface area contributed by atoms with Gasteiger partial charge in [0.2, 0.25) is 0 Å². The molecule has 0 amide bonds. The van der Waals surface area contributed by atoms with Gasteiger partial charge in [-0.05, 0) is 17.8 Å². The molecule has 1 heterocycles. The monoisotopic (exact) mass is 204 g/mol. The Hall–Kier alpha value is -1.78. The molecule has 76 valence electrons. The lowest BCUT2D eigenvalue weighted by molar-refractivity contribution is -0.106. The van der Waals surface area contributed by atoms with Gasteiger partial charge in [-0.2, -0.15) is 0 Å². The maximum Gasteiger partial charge on any atom is 0.322 e. The standard InChI is InChI=1S/C10H9BO4/c1-14-7-2-3-8-9(6-7)15-10(13)11(8)4-5-12/h2-3,5-6H,4H2,1H3. The van der Waals surface area contributed by atoms with Crippen LogP contribution >= 0.6 is 0 Å². The minimum absolute atomic E-state index is 0.165. The second-order valence-corrected chi connectivity index (χ2v) is 3.28. The highest BCUT2D eigenvalue weighted by Gasteiger charge is 2.37.